The summed E-state index contributed by atoms with van der Waals surface area (Å²) < 4.78 is 27.2. The van der Waals surface area contributed by atoms with Crippen molar-refractivity contribution < 1.29 is 18.0 Å². The molecule has 0 radical (unpaired) electrons. The van der Waals surface area contributed by atoms with E-state index in [1.54, 1.807) is 7.05 Å². The van der Waals surface area contributed by atoms with E-state index < -0.39 is 10.0 Å². The first kappa shape index (κ1) is 23.9. The number of amides is 2. The molecule has 1 saturated heterocycles. The van der Waals surface area contributed by atoms with Crippen molar-refractivity contribution in [1.82, 2.24) is 9.21 Å². The van der Waals surface area contributed by atoms with Crippen molar-refractivity contribution in [2.75, 3.05) is 32.0 Å². The number of anilines is 1. The summed E-state index contributed by atoms with van der Waals surface area (Å²) in [5.74, 6) is -0.117. The molecule has 0 aromatic heterocycles. The van der Waals surface area contributed by atoms with E-state index in [4.69, 9.17) is 0 Å². The topological polar surface area (TPSA) is 86.8 Å². The Kier molecular flexibility index (Phi) is 7.36. The smallest absolute Gasteiger partial charge is 0.254 e. The predicted molar refractivity (Wildman–Crippen MR) is 125 cm³/mol. The molecule has 1 aliphatic rings. The Morgan fingerprint density at radius 2 is 1.69 bits per heavy atom. The van der Waals surface area contributed by atoms with Gasteiger partial charge in [-0.25, -0.2) is 8.42 Å². The molecule has 2 aromatic carbocycles. The summed E-state index contributed by atoms with van der Waals surface area (Å²) in [6.07, 6.45) is 1.70. The summed E-state index contributed by atoms with van der Waals surface area (Å²) in [4.78, 5) is 26.6. The van der Waals surface area contributed by atoms with Crippen LogP contribution in [0.2, 0.25) is 0 Å². The van der Waals surface area contributed by atoms with Gasteiger partial charge in [-0.05, 0) is 74.1 Å². The van der Waals surface area contributed by atoms with Crippen molar-refractivity contribution in [2.45, 2.75) is 38.5 Å². The van der Waals surface area contributed by atoms with E-state index in [-0.39, 0.29) is 23.3 Å². The second-order valence-electron chi connectivity index (χ2n) is 8.57. The van der Waals surface area contributed by atoms with Crippen LogP contribution in [0.4, 0.5) is 5.69 Å². The lowest BCUT2D eigenvalue weighted by Crippen LogP contribution is -2.38. The van der Waals surface area contributed by atoms with Crippen LogP contribution < -0.4 is 5.32 Å². The van der Waals surface area contributed by atoms with Crippen molar-refractivity contribution in [2.24, 2.45) is 5.92 Å². The number of likely N-dealkylation sites (N-methyl/N-ethyl adjacent to an activating group) is 1. The van der Waals surface area contributed by atoms with Crippen LogP contribution in [0.5, 0.6) is 0 Å². The zero-order valence-electron chi connectivity index (χ0n) is 19.1. The minimum absolute atomic E-state index is 0.113. The molecule has 1 heterocycles. The van der Waals surface area contributed by atoms with Crippen molar-refractivity contribution in [3.05, 3.63) is 59.2 Å². The number of carbonyl (C=O) groups is 2. The van der Waals surface area contributed by atoms with Gasteiger partial charge < -0.3 is 10.2 Å². The summed E-state index contributed by atoms with van der Waals surface area (Å²) >= 11 is 0. The second kappa shape index (κ2) is 9.83. The van der Waals surface area contributed by atoms with Gasteiger partial charge >= 0.3 is 0 Å². The zero-order chi connectivity index (χ0) is 23.5. The summed E-state index contributed by atoms with van der Waals surface area (Å²) in [6, 6.07) is 11.6. The highest BCUT2D eigenvalue weighted by molar-refractivity contribution is 7.89. The number of sulfonamides is 1. The molecule has 32 heavy (non-hydrogen) atoms. The summed E-state index contributed by atoms with van der Waals surface area (Å²) in [5, 5.41) is 2.84. The first-order valence-electron chi connectivity index (χ1n) is 10.8. The molecule has 3 rings (SSSR count). The average Bonchev–Trinajstić information content (AvgIpc) is 2.76. The molecule has 1 N–H and O–H groups in total. The SMILES string of the molecule is Cc1cccc(NC(=O)CN(C)C(=O)c2ccc(S(=O)(=O)N3CCC(C)CC3)cc2)c1C. The van der Waals surface area contributed by atoms with Gasteiger partial charge in [0.05, 0.1) is 11.4 Å². The summed E-state index contributed by atoms with van der Waals surface area (Å²) in [6.45, 7) is 6.95. The van der Waals surface area contributed by atoms with E-state index in [0.717, 1.165) is 29.7 Å². The van der Waals surface area contributed by atoms with Crippen molar-refractivity contribution in [3.8, 4) is 0 Å². The molecule has 0 spiro atoms. The van der Waals surface area contributed by atoms with Crippen LogP contribution in [0.15, 0.2) is 47.4 Å². The predicted octanol–water partition coefficient (Wildman–Crippen LogP) is 3.43. The molecule has 0 saturated carbocycles. The lowest BCUT2D eigenvalue weighted by Gasteiger charge is -2.29. The van der Waals surface area contributed by atoms with Gasteiger partial charge in [-0.3, -0.25) is 9.59 Å². The van der Waals surface area contributed by atoms with Crippen molar-refractivity contribution in [3.63, 3.8) is 0 Å². The number of aryl methyl sites for hydroxylation is 1. The van der Waals surface area contributed by atoms with Crippen LogP contribution in [0.3, 0.4) is 0 Å². The maximum absolute atomic E-state index is 12.9. The second-order valence-corrected chi connectivity index (χ2v) is 10.5. The third kappa shape index (κ3) is 5.37. The van der Waals surface area contributed by atoms with Crippen LogP contribution in [-0.2, 0) is 14.8 Å². The number of hydrogen-bond acceptors (Lipinski definition) is 4. The van der Waals surface area contributed by atoms with E-state index in [1.807, 2.05) is 32.0 Å². The number of carbonyl (C=O) groups excluding carboxylic acids is 2. The highest BCUT2D eigenvalue weighted by Crippen LogP contribution is 2.24. The molecule has 2 amide bonds. The maximum Gasteiger partial charge on any atom is 0.254 e. The number of hydrogen-bond donors (Lipinski definition) is 1. The van der Waals surface area contributed by atoms with E-state index in [2.05, 4.69) is 12.2 Å². The third-order valence-electron chi connectivity index (χ3n) is 6.09. The maximum atomic E-state index is 12.9. The van der Waals surface area contributed by atoms with Crippen LogP contribution in [0, 0.1) is 19.8 Å². The fourth-order valence-corrected chi connectivity index (χ4v) is 5.20. The Bertz CT molecular complexity index is 1090. The normalized spacial score (nSPS) is 15.4. The van der Waals surface area contributed by atoms with Crippen molar-refractivity contribution in [1.29, 1.82) is 0 Å². The highest BCUT2D eigenvalue weighted by atomic mass is 32.2. The van der Waals surface area contributed by atoms with Gasteiger partial charge in [-0.1, -0.05) is 19.1 Å². The monoisotopic (exact) mass is 457 g/mol. The van der Waals surface area contributed by atoms with Crippen molar-refractivity contribution >= 4 is 27.5 Å². The first-order valence-corrected chi connectivity index (χ1v) is 12.3. The standard InChI is InChI=1S/C24H31N3O4S/c1-17-12-14-27(15-13-17)32(30,31)21-10-8-20(9-11-21)24(29)26(4)16-23(28)25-22-7-5-6-18(2)19(22)3/h5-11,17H,12-16H2,1-4H3,(H,25,28). The van der Waals surface area contributed by atoms with Gasteiger partial charge in [0.15, 0.2) is 0 Å². The molecule has 2 aromatic rings. The quantitative estimate of drug-likeness (QED) is 0.720. The molecular weight excluding hydrogens is 426 g/mol. The van der Waals surface area contributed by atoms with Gasteiger partial charge in [-0.2, -0.15) is 4.31 Å². The van der Waals surface area contributed by atoms with Crippen LogP contribution in [0.1, 0.15) is 41.3 Å². The molecule has 0 bridgehead atoms. The average molecular weight is 458 g/mol. The van der Waals surface area contributed by atoms with E-state index in [9.17, 15) is 18.0 Å². The minimum atomic E-state index is -3.57. The number of nitrogens with zero attached hydrogens (tertiary/aromatic N) is 2. The van der Waals surface area contributed by atoms with Gasteiger partial charge in [-0.15, -0.1) is 0 Å². The molecule has 8 heteroatoms. The fourth-order valence-electron chi connectivity index (χ4n) is 3.73. The molecule has 0 aliphatic carbocycles. The molecule has 1 fully saturated rings. The third-order valence-corrected chi connectivity index (χ3v) is 8.00. The Morgan fingerprint density at radius 3 is 2.31 bits per heavy atom. The Labute approximate surface area is 190 Å². The lowest BCUT2D eigenvalue weighted by molar-refractivity contribution is -0.116. The molecular formula is C24H31N3O4S. The molecule has 0 unspecified atom stereocenters. The van der Waals surface area contributed by atoms with Gasteiger partial charge in [0.2, 0.25) is 15.9 Å². The Balaban J connectivity index is 1.63. The molecule has 7 nitrogen and oxygen atoms in total. The number of benzene rings is 2. The van der Waals surface area contributed by atoms with E-state index in [1.165, 1.54) is 33.5 Å². The molecule has 1 aliphatic heterocycles. The Morgan fingerprint density at radius 1 is 1.06 bits per heavy atom. The number of nitrogens with one attached hydrogen (secondary N) is 1. The van der Waals surface area contributed by atoms with Gasteiger partial charge in [0, 0.05) is 31.4 Å². The summed E-state index contributed by atoms with van der Waals surface area (Å²) in [5.41, 5.74) is 3.10. The molecule has 172 valence electrons. The summed E-state index contributed by atoms with van der Waals surface area (Å²) in [7, 11) is -2.02. The van der Waals surface area contributed by atoms with Gasteiger partial charge in [0.25, 0.3) is 5.91 Å². The molecule has 0 atom stereocenters. The van der Waals surface area contributed by atoms with Gasteiger partial charge in [0.1, 0.15) is 0 Å². The number of piperidine rings is 1. The van der Waals surface area contributed by atoms with Crippen LogP contribution >= 0.6 is 0 Å². The van der Waals surface area contributed by atoms with E-state index in [0.29, 0.717) is 24.6 Å². The highest BCUT2D eigenvalue weighted by Gasteiger charge is 2.28. The minimum Gasteiger partial charge on any atom is -0.332 e. The zero-order valence-corrected chi connectivity index (χ0v) is 19.9. The Hall–Kier alpha value is -2.71. The largest absolute Gasteiger partial charge is 0.332 e. The number of rotatable bonds is 6. The fraction of sp³-hybridized carbons (Fsp3) is 0.417. The van der Waals surface area contributed by atoms with Crippen LogP contribution in [0.25, 0.3) is 0 Å². The lowest BCUT2D eigenvalue weighted by atomic mass is 10.0. The van der Waals surface area contributed by atoms with Crippen LogP contribution in [-0.4, -0.2) is 56.1 Å². The first-order chi connectivity index (χ1) is 15.1. The van der Waals surface area contributed by atoms with E-state index >= 15 is 0 Å².